The first-order valence-corrected chi connectivity index (χ1v) is 6.15. The summed E-state index contributed by atoms with van der Waals surface area (Å²) in [4.78, 5) is 9.97. The number of thiophene rings is 1. The van der Waals surface area contributed by atoms with Gasteiger partial charge in [0, 0.05) is 7.05 Å². The molecular weight excluding hydrogens is 234 g/mol. The van der Waals surface area contributed by atoms with Crippen LogP contribution in [0.25, 0.3) is 21.8 Å². The Morgan fingerprint density at radius 2 is 2.18 bits per heavy atom. The van der Waals surface area contributed by atoms with Crippen molar-refractivity contribution in [3.05, 3.63) is 29.3 Å². The molecule has 3 aromatic rings. The van der Waals surface area contributed by atoms with Gasteiger partial charge in [0.15, 0.2) is 11.6 Å². The number of aryl methyl sites for hydroxylation is 1. The van der Waals surface area contributed by atoms with Gasteiger partial charge in [0.05, 0.1) is 11.6 Å². The number of nitrogens with zero attached hydrogens (tertiary/aromatic N) is 2. The fourth-order valence-corrected chi connectivity index (χ4v) is 2.51. The molecule has 3 aromatic heterocycles. The van der Waals surface area contributed by atoms with Gasteiger partial charge in [-0.05, 0) is 30.0 Å². The highest BCUT2D eigenvalue weighted by Crippen LogP contribution is 2.29. The second-order valence-corrected chi connectivity index (χ2v) is 4.61. The lowest BCUT2D eigenvalue weighted by molar-refractivity contribution is 0.576. The number of furan rings is 1. The lowest BCUT2D eigenvalue weighted by Crippen LogP contribution is -1.97. The van der Waals surface area contributed by atoms with Gasteiger partial charge >= 0.3 is 0 Å². The molecule has 17 heavy (non-hydrogen) atoms. The molecule has 0 aliphatic heterocycles. The van der Waals surface area contributed by atoms with Crippen molar-refractivity contribution in [2.24, 2.45) is 0 Å². The van der Waals surface area contributed by atoms with Crippen molar-refractivity contribution in [2.75, 3.05) is 12.4 Å². The number of hydrogen-bond acceptors (Lipinski definition) is 5. The Hall–Kier alpha value is -1.88. The summed E-state index contributed by atoms with van der Waals surface area (Å²) in [5.74, 6) is 2.20. The molecule has 3 rings (SSSR count). The molecular formula is C12H11N3OS. The van der Waals surface area contributed by atoms with E-state index in [1.165, 1.54) is 0 Å². The van der Waals surface area contributed by atoms with Gasteiger partial charge in [-0.2, -0.15) is 0 Å². The summed E-state index contributed by atoms with van der Waals surface area (Å²) < 4.78 is 5.43. The maximum Gasteiger partial charge on any atom is 0.199 e. The largest absolute Gasteiger partial charge is 0.461 e. The smallest absolute Gasteiger partial charge is 0.199 e. The molecule has 5 heteroatoms. The summed E-state index contributed by atoms with van der Waals surface area (Å²) in [6, 6.07) is 3.93. The van der Waals surface area contributed by atoms with Gasteiger partial charge in [-0.25, -0.2) is 9.97 Å². The second kappa shape index (κ2) is 3.85. The summed E-state index contributed by atoms with van der Waals surface area (Å²) in [7, 11) is 1.86. The van der Waals surface area contributed by atoms with Gasteiger partial charge in [0.25, 0.3) is 0 Å². The van der Waals surface area contributed by atoms with Gasteiger partial charge in [-0.15, -0.1) is 11.3 Å². The van der Waals surface area contributed by atoms with E-state index >= 15 is 0 Å². The van der Waals surface area contributed by atoms with Crippen molar-refractivity contribution in [3.63, 3.8) is 0 Å². The van der Waals surface area contributed by atoms with Gasteiger partial charge in [0.2, 0.25) is 0 Å². The third-order valence-electron chi connectivity index (χ3n) is 2.63. The Labute approximate surface area is 102 Å². The van der Waals surface area contributed by atoms with Crippen molar-refractivity contribution in [1.29, 1.82) is 0 Å². The Balaban J connectivity index is 2.27. The zero-order chi connectivity index (χ0) is 11.8. The topological polar surface area (TPSA) is 51.0 Å². The van der Waals surface area contributed by atoms with Crippen LogP contribution < -0.4 is 5.32 Å². The molecule has 3 heterocycles. The molecule has 0 atom stereocenters. The fraction of sp³-hybridized carbons (Fsp3) is 0.167. The predicted octanol–water partition coefficient (Wildman–Crippen LogP) is 3.30. The molecule has 0 amide bonds. The lowest BCUT2D eigenvalue weighted by atomic mass is 10.2. The van der Waals surface area contributed by atoms with Crippen LogP contribution in [0, 0.1) is 6.92 Å². The standard InChI is InChI=1S/C12H11N3OS/c1-7-3-5-16-9(7)11-14-10(13-2)8-4-6-17-12(8)15-11/h3-6H,1-2H3,(H,13,14,15). The molecule has 4 nitrogen and oxygen atoms in total. The summed E-state index contributed by atoms with van der Waals surface area (Å²) in [5.41, 5.74) is 1.04. The van der Waals surface area contributed by atoms with Gasteiger partial charge in [0.1, 0.15) is 10.6 Å². The maximum atomic E-state index is 5.43. The van der Waals surface area contributed by atoms with Gasteiger partial charge in [-0.1, -0.05) is 0 Å². The Kier molecular flexibility index (Phi) is 2.33. The van der Waals surface area contributed by atoms with Crippen LogP contribution in [-0.2, 0) is 0 Å². The van der Waals surface area contributed by atoms with E-state index in [1.807, 2.05) is 31.5 Å². The molecule has 0 aromatic carbocycles. The lowest BCUT2D eigenvalue weighted by Gasteiger charge is -2.04. The first kappa shape index (κ1) is 10.3. The predicted molar refractivity (Wildman–Crippen MR) is 69.4 cm³/mol. The van der Waals surface area contributed by atoms with Crippen LogP contribution >= 0.6 is 11.3 Å². The van der Waals surface area contributed by atoms with Crippen LogP contribution in [0.1, 0.15) is 5.56 Å². The Morgan fingerprint density at radius 3 is 2.88 bits per heavy atom. The van der Waals surface area contributed by atoms with E-state index < -0.39 is 0 Å². The van der Waals surface area contributed by atoms with E-state index in [0.29, 0.717) is 5.82 Å². The minimum Gasteiger partial charge on any atom is -0.461 e. The van der Waals surface area contributed by atoms with Crippen LogP contribution in [0.15, 0.2) is 28.2 Å². The van der Waals surface area contributed by atoms with Gasteiger partial charge in [-0.3, -0.25) is 0 Å². The summed E-state index contributed by atoms with van der Waals surface area (Å²) in [6.07, 6.45) is 1.66. The van der Waals surface area contributed by atoms with Crippen molar-refractivity contribution < 1.29 is 4.42 Å². The van der Waals surface area contributed by atoms with E-state index in [1.54, 1.807) is 17.6 Å². The summed E-state index contributed by atoms with van der Waals surface area (Å²) in [5, 5.41) is 6.15. The fourth-order valence-electron chi connectivity index (χ4n) is 1.75. The normalized spacial score (nSPS) is 10.9. The Morgan fingerprint density at radius 1 is 1.29 bits per heavy atom. The number of hydrogen-bond donors (Lipinski definition) is 1. The molecule has 1 N–H and O–H groups in total. The molecule has 0 bridgehead atoms. The highest BCUT2D eigenvalue weighted by Gasteiger charge is 2.13. The van der Waals surface area contributed by atoms with E-state index in [2.05, 4.69) is 15.3 Å². The van der Waals surface area contributed by atoms with Crippen molar-refractivity contribution in [3.8, 4) is 11.6 Å². The molecule has 0 aliphatic carbocycles. The summed E-state index contributed by atoms with van der Waals surface area (Å²) >= 11 is 1.60. The average molecular weight is 245 g/mol. The van der Waals surface area contributed by atoms with E-state index in [-0.39, 0.29) is 0 Å². The van der Waals surface area contributed by atoms with Crippen molar-refractivity contribution in [1.82, 2.24) is 9.97 Å². The van der Waals surface area contributed by atoms with Crippen LogP contribution in [-0.4, -0.2) is 17.0 Å². The quantitative estimate of drug-likeness (QED) is 0.752. The van der Waals surface area contributed by atoms with Crippen molar-refractivity contribution >= 4 is 27.4 Å². The zero-order valence-corrected chi connectivity index (χ0v) is 10.3. The molecule has 86 valence electrons. The van der Waals surface area contributed by atoms with E-state index in [0.717, 1.165) is 27.4 Å². The molecule has 0 unspecified atom stereocenters. The van der Waals surface area contributed by atoms with Gasteiger partial charge < -0.3 is 9.73 Å². The molecule has 0 aliphatic rings. The van der Waals surface area contributed by atoms with Crippen LogP contribution in [0.3, 0.4) is 0 Å². The third-order valence-corrected chi connectivity index (χ3v) is 3.43. The number of rotatable bonds is 2. The number of fused-ring (bicyclic) bond motifs is 1. The van der Waals surface area contributed by atoms with Crippen LogP contribution in [0.4, 0.5) is 5.82 Å². The summed E-state index contributed by atoms with van der Waals surface area (Å²) in [6.45, 7) is 1.99. The average Bonchev–Trinajstić information content (AvgIpc) is 2.95. The number of anilines is 1. The van der Waals surface area contributed by atoms with Crippen LogP contribution in [0.5, 0.6) is 0 Å². The second-order valence-electron chi connectivity index (χ2n) is 3.72. The first-order valence-electron chi connectivity index (χ1n) is 5.27. The molecule has 0 fully saturated rings. The van der Waals surface area contributed by atoms with Crippen molar-refractivity contribution in [2.45, 2.75) is 6.92 Å². The number of nitrogens with one attached hydrogen (secondary N) is 1. The third kappa shape index (κ3) is 1.59. The van der Waals surface area contributed by atoms with Crippen LogP contribution in [0.2, 0.25) is 0 Å². The minimum atomic E-state index is 0.631. The van der Waals surface area contributed by atoms with E-state index in [9.17, 15) is 0 Å². The first-order chi connectivity index (χ1) is 8.29. The molecule has 0 saturated heterocycles. The maximum absolute atomic E-state index is 5.43. The minimum absolute atomic E-state index is 0.631. The molecule has 0 radical (unpaired) electrons. The molecule has 0 spiro atoms. The zero-order valence-electron chi connectivity index (χ0n) is 9.52. The monoisotopic (exact) mass is 245 g/mol. The highest BCUT2D eigenvalue weighted by molar-refractivity contribution is 7.16. The SMILES string of the molecule is CNc1nc(-c2occc2C)nc2sccc12. The highest BCUT2D eigenvalue weighted by atomic mass is 32.1. The Bertz CT molecular complexity index is 671. The molecule has 0 saturated carbocycles. The number of aromatic nitrogens is 2. The van der Waals surface area contributed by atoms with E-state index in [4.69, 9.17) is 4.42 Å².